The minimum atomic E-state index is -0.603. The number of carbonyl (C=O) groups excluding carboxylic acids is 1. The summed E-state index contributed by atoms with van der Waals surface area (Å²) in [5.74, 6) is -0.242. The Hall–Kier alpha value is -3.34. The number of nitrogens with zero attached hydrogens (tertiary/aromatic N) is 2. The van der Waals surface area contributed by atoms with Crippen LogP contribution in [0.15, 0.2) is 85.5 Å². The maximum absolute atomic E-state index is 13.9. The fraction of sp³-hybridized carbons (Fsp3) is 0.179. The highest BCUT2D eigenvalue weighted by molar-refractivity contribution is 9.10. The van der Waals surface area contributed by atoms with E-state index >= 15 is 0 Å². The van der Waals surface area contributed by atoms with Crippen molar-refractivity contribution in [2.45, 2.75) is 26.5 Å². The molecule has 4 aromatic rings. The number of hydrogen-bond acceptors (Lipinski definition) is 7. The van der Waals surface area contributed by atoms with Crippen molar-refractivity contribution in [3.8, 4) is 5.75 Å². The molecule has 10 heteroatoms. The number of halogens is 2. The van der Waals surface area contributed by atoms with Gasteiger partial charge in [0.1, 0.15) is 24.2 Å². The lowest BCUT2D eigenvalue weighted by Gasteiger charge is -2.23. The summed E-state index contributed by atoms with van der Waals surface area (Å²) >= 11 is 6.25. The molecule has 0 saturated heterocycles. The summed E-state index contributed by atoms with van der Waals surface area (Å²) in [5, 5.41) is 1.91. The Bertz CT molecular complexity index is 1720. The second-order valence-corrected chi connectivity index (χ2v) is 11.2. The third-order valence-corrected chi connectivity index (χ3v) is 8.45. The lowest BCUT2D eigenvalue weighted by Crippen LogP contribution is -2.39. The summed E-state index contributed by atoms with van der Waals surface area (Å²) in [4.78, 5) is 32.5. The number of allylic oxidation sites excluding steroid dienone is 1. The molecule has 0 unspecified atom stereocenters. The average molecular weight is 614 g/mol. The smallest absolute Gasteiger partial charge is 0.338 e. The molecule has 0 radical (unpaired) electrons. The summed E-state index contributed by atoms with van der Waals surface area (Å²) in [7, 11) is 0. The van der Waals surface area contributed by atoms with E-state index in [1.165, 1.54) is 28.7 Å². The molecule has 0 N–H and O–H groups in total. The van der Waals surface area contributed by atoms with Gasteiger partial charge in [-0.1, -0.05) is 41.7 Å². The van der Waals surface area contributed by atoms with E-state index in [9.17, 15) is 14.0 Å². The zero-order chi connectivity index (χ0) is 26.8. The highest BCUT2D eigenvalue weighted by Gasteiger charge is 2.33. The molecule has 0 aliphatic carbocycles. The number of fused-ring (bicyclic) bond motifs is 1. The number of rotatable bonds is 7. The molecule has 0 saturated carbocycles. The number of thiazole rings is 1. The number of ether oxygens (including phenoxy) is 2. The Morgan fingerprint density at radius 1 is 1.21 bits per heavy atom. The van der Waals surface area contributed by atoms with Crippen LogP contribution in [0.25, 0.3) is 6.08 Å². The summed E-state index contributed by atoms with van der Waals surface area (Å²) < 4.78 is 27.7. The van der Waals surface area contributed by atoms with E-state index in [0.717, 1.165) is 10.4 Å². The van der Waals surface area contributed by atoms with E-state index in [2.05, 4.69) is 20.9 Å². The van der Waals surface area contributed by atoms with Crippen LogP contribution in [0.5, 0.6) is 5.75 Å². The van der Waals surface area contributed by atoms with E-state index in [0.29, 0.717) is 36.4 Å². The minimum absolute atomic E-state index is 0.0914. The van der Waals surface area contributed by atoms with Gasteiger partial charge in [0.25, 0.3) is 5.56 Å². The van der Waals surface area contributed by atoms with Gasteiger partial charge in [-0.2, -0.15) is 0 Å². The Kier molecular flexibility index (Phi) is 7.73. The van der Waals surface area contributed by atoms with Gasteiger partial charge in [0.05, 0.1) is 26.9 Å². The van der Waals surface area contributed by atoms with Crippen molar-refractivity contribution in [1.82, 2.24) is 4.57 Å². The molecule has 0 spiro atoms. The zero-order valence-electron chi connectivity index (χ0n) is 20.4. The summed E-state index contributed by atoms with van der Waals surface area (Å²) in [5.41, 5.74) is 1.90. The Balaban J connectivity index is 1.50. The van der Waals surface area contributed by atoms with Crippen LogP contribution in [0.3, 0.4) is 0 Å². The van der Waals surface area contributed by atoms with Crippen molar-refractivity contribution in [3.05, 3.63) is 117 Å². The first-order valence-corrected chi connectivity index (χ1v) is 14.2. The van der Waals surface area contributed by atoms with Crippen LogP contribution in [-0.4, -0.2) is 17.1 Å². The molecule has 6 nitrogen and oxygen atoms in total. The fourth-order valence-corrected chi connectivity index (χ4v) is 6.53. The molecule has 5 rings (SSSR count). The van der Waals surface area contributed by atoms with Gasteiger partial charge in [0.15, 0.2) is 4.80 Å². The van der Waals surface area contributed by atoms with Crippen molar-refractivity contribution in [2.24, 2.45) is 4.99 Å². The molecule has 2 aromatic heterocycles. The fourth-order valence-electron chi connectivity index (χ4n) is 4.15. The van der Waals surface area contributed by atoms with Gasteiger partial charge in [0, 0.05) is 10.4 Å². The predicted octanol–water partition coefficient (Wildman–Crippen LogP) is 5.34. The van der Waals surface area contributed by atoms with Crippen LogP contribution >= 0.6 is 38.6 Å². The van der Waals surface area contributed by atoms with Crippen molar-refractivity contribution in [2.75, 3.05) is 6.61 Å². The van der Waals surface area contributed by atoms with Crippen molar-refractivity contribution in [3.63, 3.8) is 0 Å². The molecule has 0 bridgehead atoms. The third-order valence-electron chi connectivity index (χ3n) is 5.92. The Morgan fingerprint density at radius 2 is 2.03 bits per heavy atom. The number of aromatic nitrogens is 1. The number of esters is 1. The number of thiophene rings is 1. The van der Waals surface area contributed by atoms with Crippen molar-refractivity contribution >= 4 is 50.6 Å². The summed E-state index contributed by atoms with van der Waals surface area (Å²) in [6.45, 7) is 3.83. The summed E-state index contributed by atoms with van der Waals surface area (Å²) in [6.07, 6.45) is 1.78. The van der Waals surface area contributed by atoms with Gasteiger partial charge >= 0.3 is 5.97 Å². The molecular weight excluding hydrogens is 591 g/mol. The lowest BCUT2D eigenvalue weighted by molar-refractivity contribution is -0.139. The molecule has 1 aliphatic heterocycles. The topological polar surface area (TPSA) is 69.9 Å². The van der Waals surface area contributed by atoms with E-state index in [-0.39, 0.29) is 24.6 Å². The Morgan fingerprint density at radius 3 is 2.74 bits per heavy atom. The highest BCUT2D eigenvalue weighted by Crippen LogP contribution is 2.33. The monoisotopic (exact) mass is 612 g/mol. The van der Waals surface area contributed by atoms with Gasteiger partial charge in [-0.25, -0.2) is 14.2 Å². The van der Waals surface area contributed by atoms with Crippen molar-refractivity contribution < 1.29 is 18.7 Å². The normalized spacial score (nSPS) is 15.3. The number of benzene rings is 2. The average Bonchev–Trinajstić information content (AvgIpc) is 3.52. The SMILES string of the molecule is CCOC(=O)C1=C(C)N=c2s/c(=C\c3ccc(OCc4ccccc4F)c(Br)c3)c(=O)n2[C@H]1c1cccs1. The molecule has 2 aromatic carbocycles. The van der Waals surface area contributed by atoms with Gasteiger partial charge in [-0.05, 0) is 71.1 Å². The van der Waals surface area contributed by atoms with E-state index in [1.54, 1.807) is 48.8 Å². The molecule has 0 fully saturated rings. The van der Waals surface area contributed by atoms with Crippen LogP contribution in [0, 0.1) is 5.82 Å². The second-order valence-electron chi connectivity index (χ2n) is 8.39. The third kappa shape index (κ3) is 5.16. The first-order chi connectivity index (χ1) is 18.4. The van der Waals surface area contributed by atoms with Crippen molar-refractivity contribution in [1.29, 1.82) is 0 Å². The standard InChI is InChI=1S/C28H22BrFN2O4S2/c1-3-35-27(34)24-16(2)31-28-32(25(24)22-9-6-12-37-22)26(33)23(38-28)14-17-10-11-21(19(29)13-17)36-15-18-7-4-5-8-20(18)30/h4-14,25H,3,15H2,1-2H3/b23-14-/t25-/m0/s1. The first-order valence-electron chi connectivity index (χ1n) is 11.8. The minimum Gasteiger partial charge on any atom is -0.488 e. The van der Waals surface area contributed by atoms with E-state index in [1.807, 2.05) is 29.6 Å². The van der Waals surface area contributed by atoms with Gasteiger partial charge in [-0.3, -0.25) is 9.36 Å². The maximum atomic E-state index is 13.9. The van der Waals surface area contributed by atoms with Gasteiger partial charge in [-0.15, -0.1) is 11.3 Å². The molecule has 3 heterocycles. The molecule has 38 heavy (non-hydrogen) atoms. The van der Waals surface area contributed by atoms with E-state index < -0.39 is 12.0 Å². The quantitative estimate of drug-likeness (QED) is 0.264. The van der Waals surface area contributed by atoms with Crippen LogP contribution in [-0.2, 0) is 16.1 Å². The molecule has 1 aliphatic rings. The van der Waals surface area contributed by atoms with Crippen LogP contribution in [0.1, 0.15) is 35.9 Å². The van der Waals surface area contributed by atoms with Gasteiger partial charge in [0.2, 0.25) is 0 Å². The van der Waals surface area contributed by atoms with E-state index in [4.69, 9.17) is 9.47 Å². The van der Waals surface area contributed by atoms with Crippen LogP contribution in [0.2, 0.25) is 0 Å². The highest BCUT2D eigenvalue weighted by atomic mass is 79.9. The molecular formula is C28H22BrFN2O4S2. The molecule has 0 amide bonds. The van der Waals surface area contributed by atoms with Gasteiger partial charge < -0.3 is 9.47 Å². The molecule has 194 valence electrons. The first kappa shape index (κ1) is 26.3. The Labute approximate surface area is 234 Å². The second kappa shape index (κ2) is 11.2. The maximum Gasteiger partial charge on any atom is 0.338 e. The predicted molar refractivity (Wildman–Crippen MR) is 150 cm³/mol. The van der Waals surface area contributed by atoms with Crippen LogP contribution < -0.4 is 19.6 Å². The molecule has 1 atom stereocenters. The zero-order valence-corrected chi connectivity index (χ0v) is 23.7. The van der Waals surface area contributed by atoms with Crippen LogP contribution in [0.4, 0.5) is 4.39 Å². The summed E-state index contributed by atoms with van der Waals surface area (Å²) in [6, 6.07) is 15.1. The number of hydrogen-bond donors (Lipinski definition) is 0. The lowest BCUT2D eigenvalue weighted by atomic mass is 10.0. The largest absolute Gasteiger partial charge is 0.488 e. The number of carbonyl (C=O) groups is 1.